The molecule has 0 rings (SSSR count). The average molecular weight is 374 g/mol. The van der Waals surface area contributed by atoms with Crippen molar-refractivity contribution < 1.29 is 4.79 Å². The minimum atomic E-state index is 0.169. The van der Waals surface area contributed by atoms with Crippen LogP contribution in [-0.4, -0.2) is 72.0 Å². The van der Waals surface area contributed by atoms with Crippen molar-refractivity contribution >= 4 is 17.7 Å². The molecule has 0 unspecified atom stereocenters. The predicted molar refractivity (Wildman–Crippen MR) is 114 cm³/mol. The van der Waals surface area contributed by atoms with E-state index in [1.807, 2.05) is 0 Å². The van der Waals surface area contributed by atoms with Gasteiger partial charge in [-0.25, -0.2) is 0 Å². The summed E-state index contributed by atoms with van der Waals surface area (Å²) in [7, 11) is 0. The van der Waals surface area contributed by atoms with E-state index in [9.17, 15) is 4.79 Å². The first kappa shape index (κ1) is 24.7. The Morgan fingerprint density at radius 3 is 2.08 bits per heavy atom. The molecule has 0 saturated heterocycles. The van der Waals surface area contributed by atoms with Gasteiger partial charge in [0.2, 0.25) is 5.91 Å². The van der Waals surface area contributed by atoms with Gasteiger partial charge in [-0.3, -0.25) is 4.79 Å². The van der Waals surface area contributed by atoms with Crippen LogP contribution in [0.4, 0.5) is 0 Å². The third-order valence-electron chi connectivity index (χ3n) is 4.74. The van der Waals surface area contributed by atoms with Gasteiger partial charge in [0.05, 0.1) is 5.75 Å². The number of thioether (sulfide) groups is 1. The third-order valence-corrected chi connectivity index (χ3v) is 6.13. The molecule has 0 aliphatic carbocycles. The molecule has 1 amide bonds. The number of carbonyl (C=O) groups is 1. The number of rotatable bonds is 15. The summed E-state index contributed by atoms with van der Waals surface area (Å²) in [6, 6.07) is 0. The molecular weight excluding hydrogens is 330 g/mol. The van der Waals surface area contributed by atoms with Gasteiger partial charge in [-0.2, -0.15) is 0 Å². The van der Waals surface area contributed by atoms with Gasteiger partial charge in [-0.15, -0.1) is 11.8 Å². The van der Waals surface area contributed by atoms with Crippen molar-refractivity contribution in [3.8, 4) is 0 Å². The summed E-state index contributed by atoms with van der Waals surface area (Å²) in [5.74, 6) is 1.46. The van der Waals surface area contributed by atoms with Gasteiger partial charge in [0.25, 0.3) is 0 Å². The van der Waals surface area contributed by atoms with Crippen LogP contribution < -0.4 is 5.32 Å². The lowest BCUT2D eigenvalue weighted by Crippen LogP contribution is -2.40. The maximum atomic E-state index is 12.1. The standard InChI is InChI=1S/C20H43N3OS/c1-8-22(9-2)15-16-23(10-3)14-13-21-19(24)17-25-20(6,7)12-11-18(4)5/h18H,8-17H2,1-7H3,(H,21,24). The van der Waals surface area contributed by atoms with E-state index in [1.54, 1.807) is 11.8 Å². The maximum Gasteiger partial charge on any atom is 0.230 e. The largest absolute Gasteiger partial charge is 0.354 e. The Morgan fingerprint density at radius 1 is 1.00 bits per heavy atom. The number of carbonyl (C=O) groups excluding carboxylic acids is 1. The second kappa shape index (κ2) is 13.9. The van der Waals surface area contributed by atoms with E-state index >= 15 is 0 Å². The highest BCUT2D eigenvalue weighted by molar-refractivity contribution is 8.01. The molecule has 5 heteroatoms. The van der Waals surface area contributed by atoms with E-state index in [2.05, 4.69) is 63.6 Å². The van der Waals surface area contributed by atoms with Crippen molar-refractivity contribution in [2.75, 3.05) is 51.6 Å². The van der Waals surface area contributed by atoms with Crippen molar-refractivity contribution in [2.24, 2.45) is 5.92 Å². The van der Waals surface area contributed by atoms with Crippen molar-refractivity contribution in [3.63, 3.8) is 0 Å². The van der Waals surface area contributed by atoms with E-state index < -0.39 is 0 Å². The van der Waals surface area contributed by atoms with Crippen LogP contribution >= 0.6 is 11.8 Å². The summed E-state index contributed by atoms with van der Waals surface area (Å²) < 4.78 is 0.181. The van der Waals surface area contributed by atoms with Gasteiger partial charge in [0, 0.05) is 30.9 Å². The zero-order valence-corrected chi connectivity index (χ0v) is 18.7. The van der Waals surface area contributed by atoms with E-state index in [0.29, 0.717) is 5.75 Å². The third kappa shape index (κ3) is 13.6. The highest BCUT2D eigenvalue weighted by Crippen LogP contribution is 2.30. The summed E-state index contributed by atoms with van der Waals surface area (Å²) in [5, 5.41) is 3.09. The number of nitrogens with zero attached hydrogens (tertiary/aromatic N) is 2. The lowest BCUT2D eigenvalue weighted by molar-refractivity contribution is -0.118. The first-order valence-corrected chi connectivity index (χ1v) is 11.1. The molecule has 4 nitrogen and oxygen atoms in total. The molecule has 0 aromatic rings. The second-order valence-corrected chi connectivity index (χ2v) is 9.47. The molecular formula is C20H43N3OS. The maximum absolute atomic E-state index is 12.1. The lowest BCUT2D eigenvalue weighted by atomic mass is 10.0. The molecule has 0 spiro atoms. The van der Waals surface area contributed by atoms with Crippen LogP contribution in [0, 0.1) is 5.92 Å². The summed E-state index contributed by atoms with van der Waals surface area (Å²) >= 11 is 1.78. The number of amides is 1. The van der Waals surface area contributed by atoms with Crippen LogP contribution in [-0.2, 0) is 4.79 Å². The summed E-state index contributed by atoms with van der Waals surface area (Å²) in [5.41, 5.74) is 0. The highest BCUT2D eigenvalue weighted by Gasteiger charge is 2.20. The molecule has 0 fully saturated rings. The van der Waals surface area contributed by atoms with Crippen LogP contribution in [0.1, 0.15) is 61.3 Å². The molecule has 0 atom stereocenters. The van der Waals surface area contributed by atoms with Crippen LogP contribution in [0.5, 0.6) is 0 Å². The van der Waals surface area contributed by atoms with Crippen LogP contribution in [0.3, 0.4) is 0 Å². The fraction of sp³-hybridized carbons (Fsp3) is 0.950. The lowest BCUT2D eigenvalue weighted by Gasteiger charge is -2.26. The Labute approximate surface area is 161 Å². The first-order valence-electron chi connectivity index (χ1n) is 10.1. The zero-order chi connectivity index (χ0) is 19.3. The SMILES string of the molecule is CCN(CC)CCN(CC)CCNC(=O)CSC(C)(C)CCC(C)C. The van der Waals surface area contributed by atoms with Crippen molar-refractivity contribution in [3.05, 3.63) is 0 Å². The van der Waals surface area contributed by atoms with E-state index in [-0.39, 0.29) is 10.7 Å². The Bertz CT molecular complexity index is 344. The number of likely N-dealkylation sites (N-methyl/N-ethyl adjacent to an activating group) is 2. The average Bonchev–Trinajstić information content (AvgIpc) is 2.57. The van der Waals surface area contributed by atoms with Crippen LogP contribution in [0.15, 0.2) is 0 Å². The fourth-order valence-corrected chi connectivity index (χ4v) is 3.51. The topological polar surface area (TPSA) is 35.6 Å². The smallest absolute Gasteiger partial charge is 0.230 e. The van der Waals surface area contributed by atoms with Crippen LogP contribution in [0.2, 0.25) is 0 Å². The second-order valence-electron chi connectivity index (χ2n) is 7.79. The van der Waals surface area contributed by atoms with Gasteiger partial charge in [0.1, 0.15) is 0 Å². The molecule has 0 aromatic carbocycles. The predicted octanol–water partition coefficient (Wildman–Crippen LogP) is 3.71. The number of hydrogen-bond acceptors (Lipinski definition) is 4. The Morgan fingerprint density at radius 2 is 1.56 bits per heavy atom. The zero-order valence-electron chi connectivity index (χ0n) is 17.9. The molecule has 0 aliphatic heterocycles. The van der Waals surface area contributed by atoms with E-state index in [1.165, 1.54) is 6.42 Å². The van der Waals surface area contributed by atoms with E-state index in [4.69, 9.17) is 0 Å². The number of hydrogen-bond donors (Lipinski definition) is 1. The van der Waals surface area contributed by atoms with Crippen molar-refractivity contribution in [1.29, 1.82) is 0 Å². The summed E-state index contributed by atoms with van der Waals surface area (Å²) in [6.07, 6.45) is 2.39. The molecule has 1 N–H and O–H groups in total. The van der Waals surface area contributed by atoms with Crippen molar-refractivity contribution in [2.45, 2.75) is 66.1 Å². The number of nitrogens with one attached hydrogen (secondary N) is 1. The summed E-state index contributed by atoms with van der Waals surface area (Å²) in [6.45, 7) is 22.7. The molecule has 25 heavy (non-hydrogen) atoms. The monoisotopic (exact) mass is 373 g/mol. The van der Waals surface area contributed by atoms with Gasteiger partial charge in [-0.1, -0.05) is 48.5 Å². The molecule has 0 bridgehead atoms. The Balaban J connectivity index is 3.96. The minimum absolute atomic E-state index is 0.169. The Kier molecular flexibility index (Phi) is 13.7. The molecule has 0 saturated carbocycles. The van der Waals surface area contributed by atoms with Gasteiger partial charge in [0.15, 0.2) is 0 Å². The van der Waals surface area contributed by atoms with Crippen molar-refractivity contribution in [1.82, 2.24) is 15.1 Å². The normalized spacial score (nSPS) is 12.4. The highest BCUT2D eigenvalue weighted by atomic mass is 32.2. The fourth-order valence-electron chi connectivity index (χ4n) is 2.62. The van der Waals surface area contributed by atoms with Gasteiger partial charge < -0.3 is 15.1 Å². The molecule has 0 aliphatic rings. The van der Waals surface area contributed by atoms with Gasteiger partial charge >= 0.3 is 0 Å². The molecule has 0 heterocycles. The first-order chi connectivity index (χ1) is 11.7. The molecule has 150 valence electrons. The quantitative estimate of drug-likeness (QED) is 0.475. The van der Waals surface area contributed by atoms with E-state index in [0.717, 1.165) is 58.2 Å². The molecule has 0 aromatic heterocycles. The Hall–Kier alpha value is -0.260. The molecule has 0 radical (unpaired) electrons. The minimum Gasteiger partial charge on any atom is -0.354 e. The van der Waals surface area contributed by atoms with Crippen LogP contribution in [0.25, 0.3) is 0 Å². The summed E-state index contributed by atoms with van der Waals surface area (Å²) in [4.78, 5) is 17.0. The van der Waals surface area contributed by atoms with Gasteiger partial charge in [-0.05, 0) is 38.4 Å².